The number of urea groups is 1. The number of carbonyl (C=O) groups is 3. The summed E-state index contributed by atoms with van der Waals surface area (Å²) in [4.78, 5) is 53.0. The van der Waals surface area contributed by atoms with Crippen molar-refractivity contribution in [1.82, 2.24) is 20.1 Å². The second-order valence-electron chi connectivity index (χ2n) is 11.1. The Balaban J connectivity index is 1.39. The molecule has 0 bridgehead atoms. The number of ether oxygens (including phenoxy) is 2. The fraction of sp³-hybridized carbons (Fsp3) is 0.483. The highest BCUT2D eigenvalue weighted by atomic mass is 32.1. The predicted octanol–water partition coefficient (Wildman–Crippen LogP) is 2.31. The van der Waals surface area contributed by atoms with Gasteiger partial charge in [-0.2, -0.15) is 0 Å². The standard InChI is InChI=1S/C29H36N6O6S/c1-17-23(26(36)41-5)20(32-24(31-17)25-30-10-13-42-25)14-33-11-12-34-21(22(33)16-40-4)15-35(28(34)39)19-8-6-18(7-9-19)29(2,3)27(37)38/h6-10,13,17,21-22H,11-12,14-16H2,1-5H3,(H,31,32)(H,37,38)/t17-,21+,22+/m0/s1. The Kier molecular flexibility index (Phi) is 8.35. The molecule has 3 atom stereocenters. The van der Waals surface area contributed by atoms with Crippen molar-refractivity contribution in [3.8, 4) is 0 Å². The second-order valence-corrected chi connectivity index (χ2v) is 12.0. The molecule has 1 aromatic heterocycles. The Bertz CT molecular complexity index is 1410. The number of amides is 2. The number of benzene rings is 1. The largest absolute Gasteiger partial charge is 0.481 e. The van der Waals surface area contributed by atoms with E-state index in [9.17, 15) is 19.5 Å². The molecular weight excluding hydrogens is 560 g/mol. The predicted molar refractivity (Wildman–Crippen MR) is 158 cm³/mol. The maximum Gasteiger partial charge on any atom is 0.337 e. The van der Waals surface area contributed by atoms with Crippen molar-refractivity contribution in [1.29, 1.82) is 0 Å². The normalized spacial score (nSPS) is 23.0. The van der Waals surface area contributed by atoms with Gasteiger partial charge < -0.3 is 24.8 Å². The van der Waals surface area contributed by atoms with Crippen LogP contribution in [0, 0.1) is 0 Å². The van der Waals surface area contributed by atoms with Crippen molar-refractivity contribution < 1.29 is 29.0 Å². The Morgan fingerprint density at radius 3 is 2.55 bits per heavy atom. The highest BCUT2D eigenvalue weighted by molar-refractivity contribution is 7.11. The smallest absolute Gasteiger partial charge is 0.337 e. The molecule has 2 fully saturated rings. The van der Waals surface area contributed by atoms with Crippen LogP contribution in [0.3, 0.4) is 0 Å². The molecule has 2 N–H and O–H groups in total. The molecule has 0 spiro atoms. The summed E-state index contributed by atoms with van der Waals surface area (Å²) in [5, 5.41) is 15.5. The minimum atomic E-state index is -1.04. The van der Waals surface area contributed by atoms with Gasteiger partial charge in [0.25, 0.3) is 0 Å². The number of nitrogens with zero attached hydrogens (tertiary/aromatic N) is 5. The van der Waals surface area contributed by atoms with E-state index < -0.39 is 23.4 Å². The third-order valence-corrected chi connectivity index (χ3v) is 9.08. The van der Waals surface area contributed by atoms with Gasteiger partial charge in [0.1, 0.15) is 0 Å². The Morgan fingerprint density at radius 1 is 1.19 bits per heavy atom. The minimum Gasteiger partial charge on any atom is -0.481 e. The van der Waals surface area contributed by atoms with Crippen LogP contribution >= 0.6 is 11.3 Å². The lowest BCUT2D eigenvalue weighted by Gasteiger charge is -2.44. The van der Waals surface area contributed by atoms with Gasteiger partial charge in [0.05, 0.1) is 42.8 Å². The maximum absolute atomic E-state index is 13.6. The quantitative estimate of drug-likeness (QED) is 0.418. The molecule has 224 valence electrons. The van der Waals surface area contributed by atoms with Gasteiger partial charge in [0.15, 0.2) is 10.8 Å². The SMILES string of the molecule is COC[C@@H]1[C@H]2CN(c3ccc(C(C)(C)C(=O)O)cc3)C(=O)N2CCN1CC1=C(C(=O)OC)[C@H](C)N=C(c2nccs2)N1. The number of fused-ring (bicyclic) bond motifs is 1. The molecule has 0 saturated carbocycles. The van der Waals surface area contributed by atoms with Crippen LogP contribution in [0.4, 0.5) is 10.5 Å². The average Bonchev–Trinajstić information content (AvgIpc) is 3.62. The monoisotopic (exact) mass is 596 g/mol. The number of anilines is 1. The summed E-state index contributed by atoms with van der Waals surface area (Å²) in [7, 11) is 3.00. The van der Waals surface area contributed by atoms with Crippen molar-refractivity contribution in [2.45, 2.75) is 44.3 Å². The number of amidine groups is 1. The molecule has 3 aliphatic rings. The highest BCUT2D eigenvalue weighted by Crippen LogP contribution is 2.33. The molecule has 0 unspecified atom stereocenters. The summed E-state index contributed by atoms with van der Waals surface area (Å²) in [5.74, 6) is -0.742. The molecule has 42 heavy (non-hydrogen) atoms. The summed E-state index contributed by atoms with van der Waals surface area (Å²) in [5.41, 5.74) is 1.49. The van der Waals surface area contributed by atoms with Crippen LogP contribution < -0.4 is 10.2 Å². The Labute approximate surface area is 248 Å². The lowest BCUT2D eigenvalue weighted by Crippen LogP contribution is -2.61. The number of methoxy groups -OCH3 is 2. The summed E-state index contributed by atoms with van der Waals surface area (Å²) in [6.07, 6.45) is 1.71. The van der Waals surface area contributed by atoms with Crippen LogP contribution in [0.25, 0.3) is 0 Å². The van der Waals surface area contributed by atoms with Crippen LogP contribution in [-0.4, -0.2) is 109 Å². The van der Waals surface area contributed by atoms with Crippen molar-refractivity contribution in [2.75, 3.05) is 51.9 Å². The van der Waals surface area contributed by atoms with Gasteiger partial charge >= 0.3 is 18.0 Å². The number of nitrogens with one attached hydrogen (secondary N) is 1. The molecular formula is C29H36N6O6S. The number of piperazine rings is 1. The van der Waals surface area contributed by atoms with E-state index in [-0.39, 0.29) is 18.1 Å². The summed E-state index contributed by atoms with van der Waals surface area (Å²) in [6, 6.07) is 6.33. The topological polar surface area (TPSA) is 137 Å². The fourth-order valence-corrected chi connectivity index (χ4v) is 6.40. The number of aromatic nitrogens is 1. The molecule has 13 heteroatoms. The van der Waals surface area contributed by atoms with Crippen molar-refractivity contribution in [3.63, 3.8) is 0 Å². The number of hydrogen-bond acceptors (Lipinski definition) is 10. The van der Waals surface area contributed by atoms with Gasteiger partial charge in [-0.1, -0.05) is 12.1 Å². The zero-order valence-corrected chi connectivity index (χ0v) is 25.2. The van der Waals surface area contributed by atoms with Crippen LogP contribution in [0.15, 0.2) is 52.1 Å². The average molecular weight is 597 g/mol. The molecule has 0 radical (unpaired) electrons. The molecule has 3 aliphatic heterocycles. The molecule has 5 rings (SSSR count). The van der Waals surface area contributed by atoms with E-state index in [0.29, 0.717) is 61.1 Å². The number of carbonyl (C=O) groups excluding carboxylic acids is 2. The number of carboxylic acids is 1. The third kappa shape index (κ3) is 5.39. The van der Waals surface area contributed by atoms with E-state index in [2.05, 4.69) is 20.2 Å². The van der Waals surface area contributed by atoms with E-state index >= 15 is 0 Å². The number of hydrogen-bond donors (Lipinski definition) is 2. The van der Waals surface area contributed by atoms with Gasteiger partial charge in [0, 0.05) is 56.3 Å². The number of rotatable bonds is 9. The number of esters is 1. The first-order chi connectivity index (χ1) is 20.1. The van der Waals surface area contributed by atoms with Gasteiger partial charge in [-0.05, 0) is 38.5 Å². The first kappa shape index (κ1) is 29.7. The summed E-state index contributed by atoms with van der Waals surface area (Å²) in [6.45, 7) is 7.50. The van der Waals surface area contributed by atoms with Crippen LogP contribution in [0.1, 0.15) is 31.3 Å². The van der Waals surface area contributed by atoms with Gasteiger partial charge in [0.2, 0.25) is 0 Å². The van der Waals surface area contributed by atoms with Crippen molar-refractivity contribution in [2.24, 2.45) is 4.99 Å². The van der Waals surface area contributed by atoms with Crippen LogP contribution in [0.2, 0.25) is 0 Å². The molecule has 4 heterocycles. The second kappa shape index (κ2) is 11.8. The van der Waals surface area contributed by atoms with E-state index in [1.54, 1.807) is 56.3 Å². The van der Waals surface area contributed by atoms with Crippen LogP contribution in [-0.2, 0) is 24.5 Å². The van der Waals surface area contributed by atoms with Gasteiger partial charge in [-0.15, -0.1) is 11.3 Å². The number of carboxylic acid groups (broad SMARTS) is 1. The molecule has 0 aliphatic carbocycles. The van der Waals surface area contributed by atoms with Crippen LogP contribution in [0.5, 0.6) is 0 Å². The molecule has 12 nitrogen and oxygen atoms in total. The van der Waals surface area contributed by atoms with E-state index in [4.69, 9.17) is 9.47 Å². The van der Waals surface area contributed by atoms with E-state index in [1.807, 2.05) is 17.2 Å². The third-order valence-electron chi connectivity index (χ3n) is 8.30. The van der Waals surface area contributed by atoms with Crippen molar-refractivity contribution in [3.05, 3.63) is 57.7 Å². The van der Waals surface area contributed by atoms with E-state index in [0.717, 1.165) is 5.01 Å². The number of thiazole rings is 1. The summed E-state index contributed by atoms with van der Waals surface area (Å²) >= 11 is 1.46. The Morgan fingerprint density at radius 2 is 1.93 bits per heavy atom. The van der Waals surface area contributed by atoms with E-state index in [1.165, 1.54) is 18.4 Å². The number of aliphatic imine (C=N–C) groups is 1. The lowest BCUT2D eigenvalue weighted by atomic mass is 9.85. The molecule has 2 saturated heterocycles. The highest BCUT2D eigenvalue weighted by Gasteiger charge is 2.47. The zero-order valence-electron chi connectivity index (χ0n) is 24.4. The summed E-state index contributed by atoms with van der Waals surface area (Å²) < 4.78 is 10.8. The first-order valence-electron chi connectivity index (χ1n) is 13.8. The minimum absolute atomic E-state index is 0.0944. The fourth-order valence-electron chi connectivity index (χ4n) is 5.81. The van der Waals surface area contributed by atoms with Gasteiger partial charge in [-0.25, -0.2) is 14.6 Å². The lowest BCUT2D eigenvalue weighted by molar-refractivity contribution is -0.142. The Hall–Kier alpha value is -3.81. The molecule has 2 amide bonds. The maximum atomic E-state index is 13.6. The first-order valence-corrected chi connectivity index (χ1v) is 14.7. The molecule has 2 aromatic rings. The molecule has 1 aromatic carbocycles. The van der Waals surface area contributed by atoms with Crippen molar-refractivity contribution >= 4 is 40.8 Å². The van der Waals surface area contributed by atoms with Gasteiger partial charge in [-0.3, -0.25) is 19.6 Å². The number of aliphatic carboxylic acids is 1. The zero-order chi connectivity index (χ0) is 30.2.